The number of nitrogens with one attached hydrogen (secondary N) is 2. The second kappa shape index (κ2) is 10.8. The van der Waals surface area contributed by atoms with Crippen molar-refractivity contribution in [3.63, 3.8) is 0 Å². The lowest BCUT2D eigenvalue weighted by Crippen LogP contribution is -2.29. The number of aromatic nitrogens is 3. The molecule has 0 radical (unpaired) electrons. The standard InChI is InChI=1S/C22H24FN5O3S/c1-4-28-20(14(2)24-21(30)17-10-5-6-11-18(17)23)26-27-22(28)32-13-19(29)25-15-8-7-9-16(12-15)31-3/h5-12,14H,4,13H2,1-3H3,(H,24,30)(H,25,29)/t14-/m1/s1. The number of hydrogen-bond acceptors (Lipinski definition) is 6. The number of ether oxygens (including phenoxy) is 1. The van der Waals surface area contributed by atoms with Crippen LogP contribution in [0.5, 0.6) is 5.75 Å². The zero-order valence-corrected chi connectivity index (χ0v) is 18.8. The van der Waals surface area contributed by atoms with E-state index < -0.39 is 17.8 Å². The molecule has 1 heterocycles. The second-order valence-corrected chi connectivity index (χ2v) is 7.77. The number of hydrogen-bond donors (Lipinski definition) is 2. The number of methoxy groups -OCH3 is 1. The molecule has 1 aromatic heterocycles. The third-order valence-electron chi connectivity index (χ3n) is 4.60. The third kappa shape index (κ3) is 5.64. The molecule has 1 atom stereocenters. The average molecular weight is 458 g/mol. The van der Waals surface area contributed by atoms with E-state index in [4.69, 9.17) is 4.74 Å². The van der Waals surface area contributed by atoms with Crippen molar-refractivity contribution in [2.45, 2.75) is 31.6 Å². The van der Waals surface area contributed by atoms with Crippen LogP contribution in [0, 0.1) is 5.82 Å². The van der Waals surface area contributed by atoms with E-state index in [-0.39, 0.29) is 17.2 Å². The van der Waals surface area contributed by atoms with Gasteiger partial charge in [-0.1, -0.05) is 30.0 Å². The van der Waals surface area contributed by atoms with Crippen LogP contribution in [0.25, 0.3) is 0 Å². The number of nitrogens with zero attached hydrogens (tertiary/aromatic N) is 3. The van der Waals surface area contributed by atoms with Gasteiger partial charge in [0.05, 0.1) is 24.5 Å². The fourth-order valence-electron chi connectivity index (χ4n) is 3.04. The van der Waals surface area contributed by atoms with Gasteiger partial charge in [0.1, 0.15) is 11.6 Å². The first-order valence-corrected chi connectivity index (χ1v) is 11.0. The molecule has 0 aliphatic rings. The molecular weight excluding hydrogens is 433 g/mol. The number of thioether (sulfide) groups is 1. The maximum absolute atomic E-state index is 13.9. The van der Waals surface area contributed by atoms with E-state index >= 15 is 0 Å². The van der Waals surface area contributed by atoms with E-state index in [1.54, 1.807) is 44.4 Å². The van der Waals surface area contributed by atoms with E-state index in [9.17, 15) is 14.0 Å². The summed E-state index contributed by atoms with van der Waals surface area (Å²) in [7, 11) is 1.56. The van der Waals surface area contributed by atoms with Crippen molar-refractivity contribution < 1.29 is 18.7 Å². The van der Waals surface area contributed by atoms with E-state index in [1.165, 1.54) is 30.0 Å². The van der Waals surface area contributed by atoms with Gasteiger partial charge in [-0.05, 0) is 38.1 Å². The van der Waals surface area contributed by atoms with Gasteiger partial charge in [-0.25, -0.2) is 4.39 Å². The first-order chi connectivity index (χ1) is 15.4. The minimum absolute atomic E-state index is 0.0364. The molecule has 10 heteroatoms. The SMILES string of the molecule is CCn1c(SCC(=O)Nc2cccc(OC)c2)nnc1[C@@H](C)NC(=O)c1ccccc1F. The van der Waals surface area contributed by atoms with Gasteiger partial charge in [0.25, 0.3) is 5.91 Å². The largest absolute Gasteiger partial charge is 0.497 e. The quantitative estimate of drug-likeness (QED) is 0.476. The van der Waals surface area contributed by atoms with Crippen molar-refractivity contribution in [3.8, 4) is 5.75 Å². The Morgan fingerprint density at radius 1 is 1.19 bits per heavy atom. The first kappa shape index (κ1) is 23.3. The highest BCUT2D eigenvalue weighted by atomic mass is 32.2. The third-order valence-corrected chi connectivity index (χ3v) is 5.57. The molecule has 8 nitrogen and oxygen atoms in total. The minimum atomic E-state index is -0.590. The van der Waals surface area contributed by atoms with Gasteiger partial charge in [-0.3, -0.25) is 9.59 Å². The predicted octanol–water partition coefficient (Wildman–Crippen LogP) is 3.67. The fraction of sp³-hybridized carbons (Fsp3) is 0.273. The smallest absolute Gasteiger partial charge is 0.254 e. The van der Waals surface area contributed by atoms with E-state index in [1.807, 2.05) is 11.5 Å². The molecule has 0 fully saturated rings. The number of halogens is 1. The van der Waals surface area contributed by atoms with Gasteiger partial charge in [-0.15, -0.1) is 10.2 Å². The molecule has 0 saturated carbocycles. The average Bonchev–Trinajstić information content (AvgIpc) is 3.21. The molecule has 2 amide bonds. The summed E-state index contributed by atoms with van der Waals surface area (Å²) in [6.07, 6.45) is 0. The van der Waals surface area contributed by atoms with Crippen molar-refractivity contribution in [1.82, 2.24) is 20.1 Å². The van der Waals surface area contributed by atoms with Crippen molar-refractivity contribution in [1.29, 1.82) is 0 Å². The molecule has 168 valence electrons. The van der Waals surface area contributed by atoms with E-state index in [0.29, 0.717) is 29.0 Å². The molecule has 0 aliphatic carbocycles. The fourth-order valence-corrected chi connectivity index (χ4v) is 3.85. The van der Waals surface area contributed by atoms with Crippen LogP contribution in [-0.2, 0) is 11.3 Å². The summed E-state index contributed by atoms with van der Waals surface area (Å²) in [4.78, 5) is 24.8. The summed E-state index contributed by atoms with van der Waals surface area (Å²) in [5.74, 6) is -0.0206. The van der Waals surface area contributed by atoms with Crippen LogP contribution in [-0.4, -0.2) is 39.4 Å². The maximum Gasteiger partial charge on any atom is 0.254 e. The van der Waals surface area contributed by atoms with Crippen LogP contribution in [0.2, 0.25) is 0 Å². The van der Waals surface area contributed by atoms with Crippen LogP contribution in [0.4, 0.5) is 10.1 Å². The van der Waals surface area contributed by atoms with Crippen LogP contribution < -0.4 is 15.4 Å². The highest BCUT2D eigenvalue weighted by Crippen LogP contribution is 2.22. The van der Waals surface area contributed by atoms with E-state index in [0.717, 1.165) is 0 Å². The van der Waals surface area contributed by atoms with Crippen LogP contribution in [0.15, 0.2) is 53.7 Å². The first-order valence-electron chi connectivity index (χ1n) is 9.98. The Bertz CT molecular complexity index is 1100. The number of anilines is 1. The van der Waals surface area contributed by atoms with E-state index in [2.05, 4.69) is 20.8 Å². The highest BCUT2D eigenvalue weighted by molar-refractivity contribution is 7.99. The zero-order chi connectivity index (χ0) is 23.1. The number of amides is 2. The molecule has 0 bridgehead atoms. The minimum Gasteiger partial charge on any atom is -0.497 e. The summed E-state index contributed by atoms with van der Waals surface area (Å²) >= 11 is 1.24. The Kier molecular flexibility index (Phi) is 7.82. The molecule has 0 aliphatic heterocycles. The summed E-state index contributed by atoms with van der Waals surface area (Å²) < 4.78 is 20.8. The molecule has 3 aromatic rings. The molecular formula is C22H24FN5O3S. The number of benzene rings is 2. The molecule has 2 N–H and O–H groups in total. The number of rotatable bonds is 9. The lowest BCUT2D eigenvalue weighted by atomic mass is 10.2. The Morgan fingerprint density at radius 3 is 2.69 bits per heavy atom. The molecule has 0 saturated heterocycles. The van der Waals surface area contributed by atoms with Crippen molar-refractivity contribution in [3.05, 3.63) is 65.7 Å². The molecule has 0 unspecified atom stereocenters. The Balaban J connectivity index is 1.63. The Morgan fingerprint density at radius 2 is 1.97 bits per heavy atom. The van der Waals surface area contributed by atoms with Crippen LogP contribution in [0.3, 0.4) is 0 Å². The maximum atomic E-state index is 13.9. The molecule has 2 aromatic carbocycles. The van der Waals surface area contributed by atoms with Gasteiger partial charge in [0.15, 0.2) is 11.0 Å². The van der Waals surface area contributed by atoms with Crippen LogP contribution in [0.1, 0.15) is 36.1 Å². The van der Waals surface area contributed by atoms with Gasteiger partial charge in [0.2, 0.25) is 5.91 Å². The topological polar surface area (TPSA) is 98.1 Å². The van der Waals surface area contributed by atoms with Gasteiger partial charge in [0, 0.05) is 18.3 Å². The molecule has 3 rings (SSSR count). The zero-order valence-electron chi connectivity index (χ0n) is 18.0. The second-order valence-electron chi connectivity index (χ2n) is 6.83. The summed E-state index contributed by atoms with van der Waals surface area (Å²) in [6.45, 7) is 4.21. The van der Waals surface area contributed by atoms with Crippen molar-refractivity contribution in [2.24, 2.45) is 0 Å². The lowest BCUT2D eigenvalue weighted by molar-refractivity contribution is -0.113. The van der Waals surface area contributed by atoms with Crippen molar-refractivity contribution >= 4 is 29.3 Å². The van der Waals surface area contributed by atoms with Gasteiger partial charge in [-0.2, -0.15) is 0 Å². The van der Waals surface area contributed by atoms with Gasteiger partial charge >= 0.3 is 0 Å². The monoisotopic (exact) mass is 457 g/mol. The lowest BCUT2D eigenvalue weighted by Gasteiger charge is -2.15. The molecule has 32 heavy (non-hydrogen) atoms. The highest BCUT2D eigenvalue weighted by Gasteiger charge is 2.21. The summed E-state index contributed by atoms with van der Waals surface area (Å²) in [5, 5.41) is 14.5. The summed E-state index contributed by atoms with van der Waals surface area (Å²) in [6, 6.07) is 12.4. The normalized spacial score (nSPS) is 11.6. The van der Waals surface area contributed by atoms with Crippen LogP contribution >= 0.6 is 11.8 Å². The number of carbonyl (C=O) groups is 2. The Labute approximate surface area is 189 Å². The summed E-state index contributed by atoms with van der Waals surface area (Å²) in [5.41, 5.74) is 0.600. The number of carbonyl (C=O) groups excluding carboxylic acids is 2. The molecule has 0 spiro atoms. The van der Waals surface area contributed by atoms with Crippen molar-refractivity contribution in [2.75, 3.05) is 18.2 Å². The Hall–Kier alpha value is -3.40. The predicted molar refractivity (Wildman–Crippen MR) is 120 cm³/mol. The van der Waals surface area contributed by atoms with Gasteiger partial charge < -0.3 is 19.9 Å².